The van der Waals surface area contributed by atoms with Crippen molar-refractivity contribution in [3.05, 3.63) is 46.4 Å². The molecule has 0 saturated heterocycles. The Kier molecular flexibility index (Phi) is 4.61. The first-order valence-electron chi connectivity index (χ1n) is 6.12. The van der Waals surface area contributed by atoms with Crippen molar-refractivity contribution in [2.75, 3.05) is 0 Å². The van der Waals surface area contributed by atoms with E-state index in [-0.39, 0.29) is 11.9 Å². The van der Waals surface area contributed by atoms with E-state index in [9.17, 15) is 4.39 Å². The molecule has 1 aromatic carbocycles. The fourth-order valence-corrected chi connectivity index (χ4v) is 2.14. The average Bonchev–Trinajstić information content (AvgIpc) is 2.42. The Morgan fingerprint density at radius 2 is 2.00 bits per heavy atom. The Morgan fingerprint density at radius 1 is 1.32 bits per heavy atom. The molecule has 0 aliphatic heterocycles. The van der Waals surface area contributed by atoms with Crippen LogP contribution in [0, 0.1) is 5.82 Å². The number of hydrogen-bond donors (Lipinski definition) is 1. The number of halogens is 2. The molecule has 1 unspecified atom stereocenters. The van der Waals surface area contributed by atoms with Gasteiger partial charge in [-0.05, 0) is 36.6 Å². The first-order chi connectivity index (χ1) is 9.10. The highest BCUT2D eigenvalue weighted by atomic mass is 79.9. The van der Waals surface area contributed by atoms with Gasteiger partial charge < -0.3 is 5.73 Å². The Bertz CT molecular complexity index is 557. The van der Waals surface area contributed by atoms with Crippen LogP contribution in [0.25, 0.3) is 11.4 Å². The number of nitrogens with zero attached hydrogens (tertiary/aromatic N) is 2. The zero-order valence-corrected chi connectivity index (χ0v) is 12.2. The van der Waals surface area contributed by atoms with Crippen molar-refractivity contribution in [2.24, 2.45) is 5.73 Å². The van der Waals surface area contributed by atoms with Crippen molar-refractivity contribution in [3.8, 4) is 11.4 Å². The zero-order valence-electron chi connectivity index (χ0n) is 10.6. The Balaban J connectivity index is 2.25. The van der Waals surface area contributed by atoms with Gasteiger partial charge in [-0.3, -0.25) is 0 Å². The summed E-state index contributed by atoms with van der Waals surface area (Å²) < 4.78 is 14.0. The maximum Gasteiger partial charge on any atom is 0.160 e. The van der Waals surface area contributed by atoms with E-state index in [1.165, 1.54) is 12.1 Å². The van der Waals surface area contributed by atoms with E-state index in [1.807, 2.05) is 6.92 Å². The Morgan fingerprint density at radius 3 is 2.63 bits per heavy atom. The first-order valence-corrected chi connectivity index (χ1v) is 6.91. The minimum Gasteiger partial charge on any atom is -0.327 e. The molecule has 100 valence electrons. The second-order valence-corrected chi connectivity index (χ2v) is 5.27. The summed E-state index contributed by atoms with van der Waals surface area (Å²) in [6.07, 6.45) is 5.16. The molecule has 1 heterocycles. The molecule has 0 saturated carbocycles. The zero-order chi connectivity index (χ0) is 13.8. The fraction of sp³-hybridized carbons (Fsp3) is 0.286. The average molecular weight is 324 g/mol. The van der Waals surface area contributed by atoms with Gasteiger partial charge in [0, 0.05) is 28.5 Å². The summed E-state index contributed by atoms with van der Waals surface area (Å²) in [5.74, 6) is 0.194. The normalized spacial score (nSPS) is 12.4. The lowest BCUT2D eigenvalue weighted by Gasteiger charge is -2.08. The summed E-state index contributed by atoms with van der Waals surface area (Å²) >= 11 is 3.37. The van der Waals surface area contributed by atoms with Gasteiger partial charge in [0.2, 0.25) is 0 Å². The second-order valence-electron chi connectivity index (χ2n) is 4.41. The number of aromatic nitrogens is 2. The van der Waals surface area contributed by atoms with Crippen LogP contribution in [0.4, 0.5) is 4.39 Å². The van der Waals surface area contributed by atoms with Gasteiger partial charge in [-0.25, -0.2) is 14.4 Å². The Hall–Kier alpha value is -1.33. The third-order valence-electron chi connectivity index (χ3n) is 2.90. The summed E-state index contributed by atoms with van der Waals surface area (Å²) in [5, 5.41) is 0. The molecule has 0 bridgehead atoms. The molecule has 0 aliphatic rings. The molecule has 1 atom stereocenters. The summed E-state index contributed by atoms with van der Waals surface area (Å²) in [6.45, 7) is 2.05. The lowest BCUT2D eigenvalue weighted by Crippen LogP contribution is -2.21. The standard InChI is InChI=1S/C14H15BrFN3/c1-2-11(17)5-9-7-18-14(19-8-9)12-6-10(16)3-4-13(12)15/h3-4,6-8,11H,2,5,17H2,1H3. The molecule has 0 aliphatic carbocycles. The highest BCUT2D eigenvalue weighted by molar-refractivity contribution is 9.10. The van der Waals surface area contributed by atoms with Crippen molar-refractivity contribution >= 4 is 15.9 Å². The molecule has 0 radical (unpaired) electrons. The number of hydrogen-bond acceptors (Lipinski definition) is 3. The molecule has 2 rings (SSSR count). The van der Waals surface area contributed by atoms with Gasteiger partial charge >= 0.3 is 0 Å². The van der Waals surface area contributed by atoms with Crippen molar-refractivity contribution < 1.29 is 4.39 Å². The number of benzene rings is 1. The van der Waals surface area contributed by atoms with Crippen LogP contribution in [0.1, 0.15) is 18.9 Å². The molecular weight excluding hydrogens is 309 g/mol. The van der Waals surface area contributed by atoms with Gasteiger partial charge in [0.05, 0.1) is 0 Å². The predicted octanol–water partition coefficient (Wildman–Crippen LogP) is 3.33. The molecule has 2 N–H and O–H groups in total. The molecule has 2 aromatic rings. The summed E-state index contributed by atoms with van der Waals surface area (Å²) in [7, 11) is 0. The summed E-state index contributed by atoms with van der Waals surface area (Å²) in [5.41, 5.74) is 7.52. The van der Waals surface area contributed by atoms with E-state index in [0.717, 1.165) is 22.9 Å². The van der Waals surface area contributed by atoms with Crippen LogP contribution in [0.5, 0.6) is 0 Å². The van der Waals surface area contributed by atoms with E-state index in [2.05, 4.69) is 25.9 Å². The van der Waals surface area contributed by atoms with E-state index in [0.29, 0.717) is 11.4 Å². The predicted molar refractivity (Wildman–Crippen MR) is 77.1 cm³/mol. The van der Waals surface area contributed by atoms with Gasteiger partial charge in [0.15, 0.2) is 5.82 Å². The van der Waals surface area contributed by atoms with Crippen LogP contribution in [0.15, 0.2) is 35.1 Å². The third kappa shape index (κ3) is 3.58. The minimum absolute atomic E-state index is 0.121. The van der Waals surface area contributed by atoms with Gasteiger partial charge in [-0.2, -0.15) is 0 Å². The monoisotopic (exact) mass is 323 g/mol. The largest absolute Gasteiger partial charge is 0.327 e. The van der Waals surface area contributed by atoms with Crippen molar-refractivity contribution in [2.45, 2.75) is 25.8 Å². The maximum absolute atomic E-state index is 13.2. The first kappa shape index (κ1) is 14.1. The smallest absolute Gasteiger partial charge is 0.160 e. The van der Waals surface area contributed by atoms with Crippen LogP contribution in [-0.4, -0.2) is 16.0 Å². The summed E-state index contributed by atoms with van der Waals surface area (Å²) in [4.78, 5) is 8.55. The topological polar surface area (TPSA) is 51.8 Å². The molecule has 0 spiro atoms. The van der Waals surface area contributed by atoms with Gasteiger partial charge in [-0.1, -0.05) is 22.9 Å². The third-order valence-corrected chi connectivity index (χ3v) is 3.59. The van der Waals surface area contributed by atoms with Crippen LogP contribution < -0.4 is 5.73 Å². The lowest BCUT2D eigenvalue weighted by atomic mass is 10.1. The quantitative estimate of drug-likeness (QED) is 0.938. The van der Waals surface area contributed by atoms with Gasteiger partial charge in [0.1, 0.15) is 5.82 Å². The Labute approximate surface area is 120 Å². The highest BCUT2D eigenvalue weighted by Gasteiger charge is 2.08. The van der Waals surface area contributed by atoms with Gasteiger partial charge in [-0.15, -0.1) is 0 Å². The van der Waals surface area contributed by atoms with E-state index in [4.69, 9.17) is 5.73 Å². The maximum atomic E-state index is 13.2. The minimum atomic E-state index is -0.307. The van der Waals surface area contributed by atoms with Crippen molar-refractivity contribution in [1.82, 2.24) is 9.97 Å². The molecule has 0 amide bonds. The second kappa shape index (κ2) is 6.21. The highest BCUT2D eigenvalue weighted by Crippen LogP contribution is 2.26. The number of nitrogens with two attached hydrogens (primary N) is 1. The van der Waals surface area contributed by atoms with E-state index < -0.39 is 0 Å². The van der Waals surface area contributed by atoms with Crippen LogP contribution in [-0.2, 0) is 6.42 Å². The van der Waals surface area contributed by atoms with Crippen LogP contribution in [0.3, 0.4) is 0 Å². The molecule has 0 fully saturated rings. The van der Waals surface area contributed by atoms with E-state index >= 15 is 0 Å². The van der Waals surface area contributed by atoms with Gasteiger partial charge in [0.25, 0.3) is 0 Å². The molecular formula is C14H15BrFN3. The van der Waals surface area contributed by atoms with Crippen molar-refractivity contribution in [3.63, 3.8) is 0 Å². The van der Waals surface area contributed by atoms with Crippen LogP contribution >= 0.6 is 15.9 Å². The molecule has 19 heavy (non-hydrogen) atoms. The van der Waals surface area contributed by atoms with Crippen molar-refractivity contribution in [1.29, 1.82) is 0 Å². The summed E-state index contributed by atoms with van der Waals surface area (Å²) in [6, 6.07) is 4.57. The number of rotatable bonds is 4. The lowest BCUT2D eigenvalue weighted by molar-refractivity contribution is 0.628. The molecule has 3 nitrogen and oxygen atoms in total. The molecule has 5 heteroatoms. The van der Waals surface area contributed by atoms with E-state index in [1.54, 1.807) is 18.5 Å². The SMILES string of the molecule is CCC(N)Cc1cnc(-c2cc(F)ccc2Br)nc1. The molecule has 1 aromatic heterocycles. The fourth-order valence-electron chi connectivity index (χ4n) is 1.72. The van der Waals surface area contributed by atoms with Crippen LogP contribution in [0.2, 0.25) is 0 Å².